The van der Waals surface area contributed by atoms with E-state index in [1.807, 2.05) is 65.0 Å². The van der Waals surface area contributed by atoms with Crippen LogP contribution in [0.15, 0.2) is 34.7 Å². The molecule has 0 N–H and O–H groups in total. The number of hydrogen-bond donors (Lipinski definition) is 0. The first kappa shape index (κ1) is 19.8. The van der Waals surface area contributed by atoms with Crippen molar-refractivity contribution in [2.45, 2.75) is 47.6 Å². The van der Waals surface area contributed by atoms with Crippen molar-refractivity contribution in [2.24, 2.45) is 0 Å². The molecule has 0 unspecified atom stereocenters. The summed E-state index contributed by atoms with van der Waals surface area (Å²) in [6.07, 6.45) is 0.127. The second-order valence-corrected chi connectivity index (χ2v) is 7.50. The number of hydrogen-bond acceptors (Lipinski definition) is 6. The van der Waals surface area contributed by atoms with E-state index in [0.717, 1.165) is 44.9 Å². The molecule has 0 aliphatic rings. The van der Waals surface area contributed by atoms with Crippen LogP contribution in [0.5, 0.6) is 0 Å². The van der Waals surface area contributed by atoms with Gasteiger partial charge in [0, 0.05) is 33.6 Å². The zero-order valence-electron chi connectivity index (χ0n) is 17.8. The van der Waals surface area contributed by atoms with Gasteiger partial charge in [0.05, 0.1) is 12.1 Å². The molecule has 30 heavy (non-hydrogen) atoms. The lowest BCUT2D eigenvalue weighted by molar-refractivity contribution is -0.144. The van der Waals surface area contributed by atoms with Gasteiger partial charge in [0.1, 0.15) is 18.0 Å². The van der Waals surface area contributed by atoms with Crippen LogP contribution in [0.3, 0.4) is 0 Å². The number of benzene rings is 1. The van der Waals surface area contributed by atoms with Crippen LogP contribution in [0.1, 0.15) is 39.7 Å². The van der Waals surface area contributed by atoms with Crippen molar-refractivity contribution >= 4 is 16.9 Å². The second-order valence-electron chi connectivity index (χ2n) is 7.50. The number of aryl methyl sites for hydroxylation is 4. The highest BCUT2D eigenvalue weighted by molar-refractivity contribution is 5.82. The van der Waals surface area contributed by atoms with Gasteiger partial charge >= 0.3 is 5.97 Å². The summed E-state index contributed by atoms with van der Waals surface area (Å²) in [7, 11) is 0. The smallest absolute Gasteiger partial charge is 0.310 e. The predicted molar refractivity (Wildman–Crippen MR) is 113 cm³/mol. The number of ether oxygens (including phenoxy) is 1. The van der Waals surface area contributed by atoms with Gasteiger partial charge in [-0.05, 0) is 46.8 Å². The maximum Gasteiger partial charge on any atom is 0.310 e. The Balaban J connectivity index is 1.50. The van der Waals surface area contributed by atoms with Crippen molar-refractivity contribution < 1.29 is 13.9 Å². The Hall–Kier alpha value is -3.48. The van der Waals surface area contributed by atoms with E-state index in [9.17, 15) is 4.79 Å². The highest BCUT2D eigenvalue weighted by atomic mass is 16.5. The molecule has 1 aromatic carbocycles. The molecular weight excluding hydrogens is 380 g/mol. The SMILES string of the molecule is Cc1cc(C)nc(-n2nc(C)c(CC(=O)OCc3oc4ccccc4c3C)c2C)n1. The first-order chi connectivity index (χ1) is 14.3. The maximum atomic E-state index is 12.5. The Kier molecular flexibility index (Phi) is 5.11. The number of fused-ring (bicyclic) bond motifs is 1. The molecule has 0 aliphatic carbocycles. The maximum absolute atomic E-state index is 12.5. The molecule has 0 saturated heterocycles. The van der Waals surface area contributed by atoms with Crippen LogP contribution in [-0.4, -0.2) is 25.7 Å². The summed E-state index contributed by atoms with van der Waals surface area (Å²) in [6.45, 7) is 9.69. The Labute approximate surface area is 174 Å². The van der Waals surface area contributed by atoms with Gasteiger partial charge in [-0.25, -0.2) is 14.6 Å². The Morgan fingerprint density at radius 1 is 1.07 bits per heavy atom. The lowest BCUT2D eigenvalue weighted by Crippen LogP contribution is -2.10. The molecule has 4 rings (SSSR count). The average molecular weight is 404 g/mol. The van der Waals surface area contributed by atoms with E-state index in [2.05, 4.69) is 15.1 Å². The van der Waals surface area contributed by atoms with E-state index >= 15 is 0 Å². The summed E-state index contributed by atoms with van der Waals surface area (Å²) in [6, 6.07) is 9.69. The number of nitrogens with zero attached hydrogens (tertiary/aromatic N) is 4. The third kappa shape index (κ3) is 3.70. The molecule has 0 bridgehead atoms. The second kappa shape index (κ2) is 7.74. The number of rotatable bonds is 5. The molecule has 0 spiro atoms. The molecule has 7 heteroatoms. The zero-order valence-corrected chi connectivity index (χ0v) is 17.8. The van der Waals surface area contributed by atoms with E-state index in [4.69, 9.17) is 9.15 Å². The van der Waals surface area contributed by atoms with Gasteiger partial charge in [-0.3, -0.25) is 4.79 Å². The van der Waals surface area contributed by atoms with Gasteiger partial charge < -0.3 is 9.15 Å². The third-order valence-corrected chi connectivity index (χ3v) is 5.23. The fourth-order valence-corrected chi connectivity index (χ4v) is 3.63. The molecule has 0 aliphatic heterocycles. The monoisotopic (exact) mass is 404 g/mol. The van der Waals surface area contributed by atoms with Crippen molar-refractivity contribution in [3.8, 4) is 5.95 Å². The first-order valence-corrected chi connectivity index (χ1v) is 9.84. The number of para-hydroxylation sites is 1. The molecule has 0 fully saturated rings. The largest absolute Gasteiger partial charge is 0.457 e. The van der Waals surface area contributed by atoms with E-state index in [1.54, 1.807) is 4.68 Å². The molecule has 7 nitrogen and oxygen atoms in total. The van der Waals surface area contributed by atoms with Crippen LogP contribution in [0.2, 0.25) is 0 Å². The summed E-state index contributed by atoms with van der Waals surface area (Å²) in [5.41, 5.74) is 5.93. The molecule has 0 atom stereocenters. The predicted octanol–water partition coefficient (Wildman–Crippen LogP) is 4.24. The zero-order chi connectivity index (χ0) is 21.4. The van der Waals surface area contributed by atoms with E-state index < -0.39 is 0 Å². The van der Waals surface area contributed by atoms with Crippen LogP contribution in [0.4, 0.5) is 0 Å². The quantitative estimate of drug-likeness (QED) is 0.463. The van der Waals surface area contributed by atoms with Gasteiger partial charge in [0.2, 0.25) is 0 Å². The van der Waals surface area contributed by atoms with E-state index in [-0.39, 0.29) is 19.0 Å². The number of carbonyl (C=O) groups is 1. The molecule has 4 aromatic rings. The minimum absolute atomic E-state index is 0.103. The average Bonchev–Trinajstić information content (AvgIpc) is 3.17. The molecule has 0 radical (unpaired) electrons. The lowest BCUT2D eigenvalue weighted by atomic mass is 10.1. The summed E-state index contributed by atoms with van der Waals surface area (Å²) in [4.78, 5) is 21.5. The minimum Gasteiger partial charge on any atom is -0.457 e. The molecule has 3 aromatic heterocycles. The standard InChI is InChI=1S/C23H24N4O3/c1-13-10-14(2)25-23(24-13)27-17(5)19(16(4)26-27)11-22(28)29-12-21-15(3)18-8-6-7-9-20(18)30-21/h6-10H,11-12H2,1-5H3. The molecule has 0 amide bonds. The topological polar surface area (TPSA) is 83.0 Å². The highest BCUT2D eigenvalue weighted by Crippen LogP contribution is 2.25. The first-order valence-electron chi connectivity index (χ1n) is 9.84. The number of carbonyl (C=O) groups excluding carboxylic acids is 1. The number of furan rings is 1. The third-order valence-electron chi connectivity index (χ3n) is 5.23. The van der Waals surface area contributed by atoms with Crippen molar-refractivity contribution in [1.29, 1.82) is 0 Å². The van der Waals surface area contributed by atoms with Crippen LogP contribution < -0.4 is 0 Å². The number of aromatic nitrogens is 4. The fraction of sp³-hybridized carbons (Fsp3) is 0.304. The van der Waals surface area contributed by atoms with Crippen LogP contribution in [-0.2, 0) is 22.6 Å². The highest BCUT2D eigenvalue weighted by Gasteiger charge is 2.19. The Morgan fingerprint density at radius 2 is 1.77 bits per heavy atom. The van der Waals surface area contributed by atoms with Crippen LogP contribution in [0.25, 0.3) is 16.9 Å². The normalized spacial score (nSPS) is 11.2. The van der Waals surface area contributed by atoms with Crippen LogP contribution in [0, 0.1) is 34.6 Å². The van der Waals surface area contributed by atoms with Gasteiger partial charge in [-0.15, -0.1) is 0 Å². The van der Waals surface area contributed by atoms with Crippen molar-refractivity contribution in [2.75, 3.05) is 0 Å². The fourth-order valence-electron chi connectivity index (χ4n) is 3.63. The summed E-state index contributed by atoms with van der Waals surface area (Å²) < 4.78 is 13.0. The van der Waals surface area contributed by atoms with Gasteiger partial charge in [0.25, 0.3) is 5.95 Å². The van der Waals surface area contributed by atoms with E-state index in [0.29, 0.717) is 11.7 Å². The minimum atomic E-state index is -0.332. The summed E-state index contributed by atoms with van der Waals surface area (Å²) in [5, 5.41) is 5.57. The van der Waals surface area contributed by atoms with Crippen molar-refractivity contribution in [3.05, 3.63) is 70.0 Å². The summed E-state index contributed by atoms with van der Waals surface area (Å²) in [5.74, 6) is 0.838. The lowest BCUT2D eigenvalue weighted by Gasteiger charge is -2.06. The Morgan fingerprint density at radius 3 is 2.47 bits per heavy atom. The van der Waals surface area contributed by atoms with Gasteiger partial charge in [-0.1, -0.05) is 18.2 Å². The van der Waals surface area contributed by atoms with E-state index in [1.165, 1.54) is 0 Å². The molecule has 0 saturated carbocycles. The number of esters is 1. The van der Waals surface area contributed by atoms with Crippen LogP contribution >= 0.6 is 0 Å². The molecular formula is C23H24N4O3. The Bertz CT molecular complexity index is 1230. The summed E-state index contributed by atoms with van der Waals surface area (Å²) >= 11 is 0. The van der Waals surface area contributed by atoms with Gasteiger partial charge in [-0.2, -0.15) is 5.10 Å². The van der Waals surface area contributed by atoms with Gasteiger partial charge in [0.15, 0.2) is 0 Å². The van der Waals surface area contributed by atoms with Crippen molar-refractivity contribution in [3.63, 3.8) is 0 Å². The molecule has 3 heterocycles. The molecule has 154 valence electrons. The van der Waals surface area contributed by atoms with Crippen molar-refractivity contribution in [1.82, 2.24) is 19.7 Å².